The second-order valence-electron chi connectivity index (χ2n) is 6.44. The highest BCUT2D eigenvalue weighted by molar-refractivity contribution is 7.89. The Bertz CT molecular complexity index is 825. The SMILES string of the molecule is CC(C)NC(=O)CNC(=O)Cn1cc(S(=O)(=O)N2CCCC2)ccc1=O. The van der Waals surface area contributed by atoms with Crippen LogP contribution < -0.4 is 16.2 Å². The van der Waals surface area contributed by atoms with Crippen LogP contribution >= 0.6 is 0 Å². The summed E-state index contributed by atoms with van der Waals surface area (Å²) < 4.78 is 27.5. The van der Waals surface area contributed by atoms with Crippen LogP contribution in [0, 0.1) is 0 Å². The number of carbonyl (C=O) groups is 2. The predicted octanol–water partition coefficient (Wildman–Crippen LogP) is -0.726. The Balaban J connectivity index is 2.06. The number of amides is 2. The summed E-state index contributed by atoms with van der Waals surface area (Å²) in [6, 6.07) is 2.33. The van der Waals surface area contributed by atoms with Gasteiger partial charge >= 0.3 is 0 Å². The maximum atomic E-state index is 12.6. The van der Waals surface area contributed by atoms with Gasteiger partial charge in [-0.3, -0.25) is 14.4 Å². The van der Waals surface area contributed by atoms with Crippen molar-refractivity contribution in [1.29, 1.82) is 0 Å². The second-order valence-corrected chi connectivity index (χ2v) is 8.38. The van der Waals surface area contributed by atoms with E-state index in [0.29, 0.717) is 13.1 Å². The van der Waals surface area contributed by atoms with E-state index in [-0.39, 0.29) is 29.9 Å². The number of carbonyl (C=O) groups excluding carboxylic acids is 2. The maximum Gasteiger partial charge on any atom is 0.251 e. The van der Waals surface area contributed by atoms with Crippen LogP contribution in [0.2, 0.25) is 0 Å². The summed E-state index contributed by atoms with van der Waals surface area (Å²) in [5.41, 5.74) is -0.493. The highest BCUT2D eigenvalue weighted by atomic mass is 32.2. The minimum Gasteiger partial charge on any atom is -0.352 e. The molecule has 26 heavy (non-hydrogen) atoms. The number of aromatic nitrogens is 1. The van der Waals surface area contributed by atoms with E-state index in [2.05, 4.69) is 10.6 Å². The van der Waals surface area contributed by atoms with Crippen LogP contribution in [-0.2, 0) is 26.2 Å². The molecule has 0 radical (unpaired) electrons. The van der Waals surface area contributed by atoms with Gasteiger partial charge in [0, 0.05) is 31.4 Å². The fourth-order valence-corrected chi connectivity index (χ4v) is 4.16. The van der Waals surface area contributed by atoms with Gasteiger partial charge in [-0.05, 0) is 32.8 Å². The number of nitrogens with one attached hydrogen (secondary N) is 2. The van der Waals surface area contributed by atoms with Crippen molar-refractivity contribution >= 4 is 21.8 Å². The summed E-state index contributed by atoms with van der Waals surface area (Å²) in [6.07, 6.45) is 2.78. The maximum absolute atomic E-state index is 12.6. The molecule has 0 aliphatic carbocycles. The zero-order valence-electron chi connectivity index (χ0n) is 14.9. The molecule has 0 bridgehead atoms. The topological polar surface area (TPSA) is 118 Å². The van der Waals surface area contributed by atoms with Crippen molar-refractivity contribution in [3.8, 4) is 0 Å². The summed E-state index contributed by atoms with van der Waals surface area (Å²) in [5, 5.41) is 5.03. The van der Waals surface area contributed by atoms with E-state index in [1.54, 1.807) is 13.8 Å². The van der Waals surface area contributed by atoms with Gasteiger partial charge in [0.15, 0.2) is 0 Å². The second kappa shape index (κ2) is 8.45. The van der Waals surface area contributed by atoms with Gasteiger partial charge in [0.2, 0.25) is 21.8 Å². The number of rotatable bonds is 7. The average Bonchev–Trinajstić information content (AvgIpc) is 3.09. The lowest BCUT2D eigenvalue weighted by molar-refractivity contribution is -0.126. The molecule has 0 spiro atoms. The Morgan fingerprint density at radius 3 is 2.42 bits per heavy atom. The molecule has 0 unspecified atom stereocenters. The van der Waals surface area contributed by atoms with Crippen molar-refractivity contribution in [3.63, 3.8) is 0 Å². The van der Waals surface area contributed by atoms with Crippen LogP contribution in [0.25, 0.3) is 0 Å². The lowest BCUT2D eigenvalue weighted by Crippen LogP contribution is -2.41. The monoisotopic (exact) mass is 384 g/mol. The molecule has 2 heterocycles. The molecule has 144 valence electrons. The molecule has 1 aliphatic heterocycles. The quantitative estimate of drug-likeness (QED) is 0.643. The van der Waals surface area contributed by atoms with Crippen molar-refractivity contribution in [3.05, 3.63) is 28.7 Å². The number of hydrogen-bond donors (Lipinski definition) is 2. The zero-order valence-corrected chi connectivity index (χ0v) is 15.7. The van der Waals surface area contributed by atoms with Crippen molar-refractivity contribution < 1.29 is 18.0 Å². The van der Waals surface area contributed by atoms with Gasteiger partial charge in [0.1, 0.15) is 6.54 Å². The van der Waals surface area contributed by atoms with Crippen LogP contribution in [-0.4, -0.2) is 54.8 Å². The molecule has 2 amide bonds. The van der Waals surface area contributed by atoms with Gasteiger partial charge in [-0.2, -0.15) is 4.31 Å². The fourth-order valence-electron chi connectivity index (χ4n) is 2.63. The third-order valence-corrected chi connectivity index (χ3v) is 5.75. The molecule has 1 fully saturated rings. The Kier molecular flexibility index (Phi) is 6.54. The van der Waals surface area contributed by atoms with Crippen LogP contribution in [0.5, 0.6) is 0 Å². The van der Waals surface area contributed by atoms with E-state index in [0.717, 1.165) is 23.5 Å². The molecular weight excluding hydrogens is 360 g/mol. The lowest BCUT2D eigenvalue weighted by Gasteiger charge is -2.16. The molecule has 0 aromatic carbocycles. The van der Waals surface area contributed by atoms with Crippen molar-refractivity contribution in [2.24, 2.45) is 0 Å². The van der Waals surface area contributed by atoms with Crippen molar-refractivity contribution in [2.75, 3.05) is 19.6 Å². The molecule has 2 N–H and O–H groups in total. The minimum atomic E-state index is -3.68. The summed E-state index contributed by atoms with van der Waals surface area (Å²) >= 11 is 0. The van der Waals surface area contributed by atoms with Gasteiger partial charge < -0.3 is 15.2 Å². The highest BCUT2D eigenvalue weighted by Crippen LogP contribution is 2.19. The first kappa shape index (κ1) is 20.1. The van der Waals surface area contributed by atoms with Crippen LogP contribution in [0.4, 0.5) is 0 Å². The molecule has 10 heteroatoms. The normalized spacial score (nSPS) is 15.2. The standard InChI is InChI=1S/C16H24N4O5S/c1-12(2)18-14(21)9-17-15(22)11-19-10-13(5-6-16(19)23)26(24,25)20-7-3-4-8-20/h5-6,10,12H,3-4,7-9,11H2,1-2H3,(H,17,22)(H,18,21). The third-order valence-electron chi connectivity index (χ3n) is 3.87. The summed E-state index contributed by atoms with van der Waals surface area (Å²) in [4.78, 5) is 35.4. The molecule has 0 atom stereocenters. The first-order valence-corrected chi connectivity index (χ1v) is 9.91. The molecule has 1 aliphatic rings. The van der Waals surface area contributed by atoms with Crippen molar-refractivity contribution in [2.45, 2.75) is 44.2 Å². The molecular formula is C16H24N4O5S. The highest BCUT2D eigenvalue weighted by Gasteiger charge is 2.27. The van der Waals surface area contributed by atoms with E-state index in [1.807, 2.05) is 0 Å². The summed E-state index contributed by atoms with van der Waals surface area (Å²) in [7, 11) is -3.68. The Hall–Kier alpha value is -2.20. The largest absolute Gasteiger partial charge is 0.352 e. The lowest BCUT2D eigenvalue weighted by atomic mass is 10.4. The summed E-state index contributed by atoms with van der Waals surface area (Å²) in [6.45, 7) is 3.92. The number of hydrogen-bond acceptors (Lipinski definition) is 5. The third kappa shape index (κ3) is 5.15. The van der Waals surface area contributed by atoms with Crippen LogP contribution in [0.15, 0.2) is 28.0 Å². The molecule has 2 rings (SSSR count). The predicted molar refractivity (Wildman–Crippen MR) is 95.0 cm³/mol. The Morgan fingerprint density at radius 2 is 1.81 bits per heavy atom. The molecule has 1 aromatic heterocycles. The van der Waals surface area contributed by atoms with Crippen molar-refractivity contribution in [1.82, 2.24) is 19.5 Å². The molecule has 1 saturated heterocycles. The van der Waals surface area contributed by atoms with Gasteiger partial charge in [-0.1, -0.05) is 0 Å². The van der Waals surface area contributed by atoms with Gasteiger partial charge in [0.25, 0.3) is 5.56 Å². The van der Waals surface area contributed by atoms with E-state index < -0.39 is 21.5 Å². The van der Waals surface area contributed by atoms with E-state index in [1.165, 1.54) is 16.6 Å². The number of sulfonamides is 1. The smallest absolute Gasteiger partial charge is 0.251 e. The fraction of sp³-hybridized carbons (Fsp3) is 0.562. The first-order chi connectivity index (χ1) is 12.2. The molecule has 0 saturated carbocycles. The number of nitrogens with zero attached hydrogens (tertiary/aromatic N) is 2. The Labute approximate surface area is 152 Å². The van der Waals surface area contributed by atoms with E-state index in [4.69, 9.17) is 0 Å². The molecule has 9 nitrogen and oxygen atoms in total. The molecule has 1 aromatic rings. The van der Waals surface area contributed by atoms with Gasteiger partial charge in [-0.25, -0.2) is 8.42 Å². The van der Waals surface area contributed by atoms with Crippen LogP contribution in [0.3, 0.4) is 0 Å². The van der Waals surface area contributed by atoms with Gasteiger partial charge in [-0.15, -0.1) is 0 Å². The summed E-state index contributed by atoms with van der Waals surface area (Å²) in [5.74, 6) is -0.896. The minimum absolute atomic E-state index is 0.0237. The Morgan fingerprint density at radius 1 is 1.15 bits per heavy atom. The number of pyridine rings is 1. The van der Waals surface area contributed by atoms with E-state index >= 15 is 0 Å². The first-order valence-electron chi connectivity index (χ1n) is 8.47. The average molecular weight is 384 g/mol. The van der Waals surface area contributed by atoms with E-state index in [9.17, 15) is 22.8 Å². The van der Waals surface area contributed by atoms with Gasteiger partial charge in [0.05, 0.1) is 11.4 Å². The van der Waals surface area contributed by atoms with Crippen LogP contribution in [0.1, 0.15) is 26.7 Å². The zero-order chi connectivity index (χ0) is 19.3.